The predicted octanol–water partition coefficient (Wildman–Crippen LogP) is 5.13. The average molecular weight is 499 g/mol. The number of ether oxygens (including phenoxy) is 1. The van der Waals surface area contributed by atoms with Gasteiger partial charge in [0.1, 0.15) is 12.3 Å². The minimum Gasteiger partial charge on any atom is -0.494 e. The topological polar surface area (TPSA) is 75.7 Å². The van der Waals surface area contributed by atoms with Crippen LogP contribution in [0.3, 0.4) is 0 Å². The van der Waals surface area contributed by atoms with Crippen molar-refractivity contribution < 1.29 is 17.9 Å². The zero-order valence-corrected chi connectivity index (χ0v) is 20.5. The largest absolute Gasteiger partial charge is 0.494 e. The standard InChI is InChI=1S/C26H27ClN2O4S/c1-2-33-22-14-12-21(13-15-22)29(34(31,32)23-16-10-20(27)11-17-23)18-26(30)28-25-9-5-7-19-6-3-4-8-24(19)25/h3-4,6,8,10-17,25H,2,5,7,9,18H2,1H3,(H,28,30)/t25-/m1/s1. The Morgan fingerprint density at radius 1 is 1.06 bits per heavy atom. The fraction of sp³-hybridized carbons (Fsp3) is 0.269. The number of fused-ring (bicyclic) bond motifs is 1. The van der Waals surface area contributed by atoms with E-state index in [1.165, 1.54) is 29.8 Å². The summed E-state index contributed by atoms with van der Waals surface area (Å²) in [5.41, 5.74) is 2.68. The Morgan fingerprint density at radius 2 is 1.76 bits per heavy atom. The summed E-state index contributed by atoms with van der Waals surface area (Å²) in [5.74, 6) is 0.256. The Balaban J connectivity index is 1.62. The van der Waals surface area contributed by atoms with Gasteiger partial charge in [-0.05, 0) is 85.8 Å². The lowest BCUT2D eigenvalue weighted by Crippen LogP contribution is -2.42. The lowest BCUT2D eigenvalue weighted by atomic mass is 9.88. The van der Waals surface area contributed by atoms with Gasteiger partial charge in [-0.2, -0.15) is 0 Å². The van der Waals surface area contributed by atoms with Gasteiger partial charge in [-0.3, -0.25) is 9.10 Å². The Labute approximate surface area is 205 Å². The minimum absolute atomic E-state index is 0.0570. The fourth-order valence-electron chi connectivity index (χ4n) is 4.20. The number of hydrogen-bond acceptors (Lipinski definition) is 4. The number of sulfonamides is 1. The highest BCUT2D eigenvalue weighted by Gasteiger charge is 2.29. The molecule has 0 bridgehead atoms. The Bertz CT molecular complexity index is 1240. The molecule has 8 heteroatoms. The Hall–Kier alpha value is -3.03. The van der Waals surface area contributed by atoms with Crippen molar-refractivity contribution in [2.75, 3.05) is 17.5 Å². The first-order valence-electron chi connectivity index (χ1n) is 11.3. The van der Waals surface area contributed by atoms with Crippen molar-refractivity contribution in [1.82, 2.24) is 5.32 Å². The summed E-state index contributed by atoms with van der Waals surface area (Å²) in [5, 5.41) is 3.48. The van der Waals surface area contributed by atoms with Crippen molar-refractivity contribution in [2.24, 2.45) is 0 Å². The van der Waals surface area contributed by atoms with E-state index in [2.05, 4.69) is 11.4 Å². The number of aryl methyl sites for hydroxylation is 1. The van der Waals surface area contributed by atoms with E-state index >= 15 is 0 Å². The first-order chi connectivity index (χ1) is 16.4. The van der Waals surface area contributed by atoms with Gasteiger partial charge < -0.3 is 10.1 Å². The van der Waals surface area contributed by atoms with Gasteiger partial charge in [0.05, 0.1) is 23.2 Å². The van der Waals surface area contributed by atoms with Crippen molar-refractivity contribution in [3.8, 4) is 5.75 Å². The predicted molar refractivity (Wildman–Crippen MR) is 134 cm³/mol. The lowest BCUT2D eigenvalue weighted by Gasteiger charge is -2.29. The number of nitrogens with zero attached hydrogens (tertiary/aromatic N) is 1. The monoisotopic (exact) mass is 498 g/mol. The molecule has 1 atom stereocenters. The van der Waals surface area contributed by atoms with Crippen molar-refractivity contribution in [1.29, 1.82) is 0 Å². The van der Waals surface area contributed by atoms with Crippen LogP contribution in [0.25, 0.3) is 0 Å². The molecule has 1 aliphatic carbocycles. The number of carbonyl (C=O) groups is 1. The highest BCUT2D eigenvalue weighted by molar-refractivity contribution is 7.92. The second-order valence-corrected chi connectivity index (χ2v) is 10.4. The number of anilines is 1. The third-order valence-electron chi connectivity index (χ3n) is 5.83. The van der Waals surface area contributed by atoms with Crippen LogP contribution in [-0.4, -0.2) is 27.5 Å². The van der Waals surface area contributed by atoms with E-state index in [4.69, 9.17) is 16.3 Å². The molecule has 0 heterocycles. The van der Waals surface area contributed by atoms with Crippen LogP contribution in [0.5, 0.6) is 5.75 Å². The fourth-order valence-corrected chi connectivity index (χ4v) is 5.75. The van der Waals surface area contributed by atoms with Gasteiger partial charge >= 0.3 is 0 Å². The molecule has 178 valence electrons. The lowest BCUT2D eigenvalue weighted by molar-refractivity contribution is -0.120. The molecule has 3 aromatic rings. The summed E-state index contributed by atoms with van der Waals surface area (Å²) in [6.45, 7) is 2.02. The van der Waals surface area contributed by atoms with Crippen molar-refractivity contribution in [2.45, 2.75) is 37.1 Å². The number of hydrogen-bond donors (Lipinski definition) is 1. The molecule has 0 saturated carbocycles. The maximum absolute atomic E-state index is 13.6. The summed E-state index contributed by atoms with van der Waals surface area (Å²) >= 11 is 5.95. The molecule has 1 amide bonds. The molecule has 0 aliphatic heterocycles. The molecule has 1 N–H and O–H groups in total. The first-order valence-corrected chi connectivity index (χ1v) is 13.1. The third kappa shape index (κ3) is 5.37. The van der Waals surface area contributed by atoms with Crippen LogP contribution >= 0.6 is 11.6 Å². The van der Waals surface area contributed by atoms with Crippen LogP contribution in [0, 0.1) is 0 Å². The van der Waals surface area contributed by atoms with Crippen LogP contribution in [0.15, 0.2) is 77.7 Å². The van der Waals surface area contributed by atoms with E-state index in [0.717, 1.165) is 29.1 Å². The third-order valence-corrected chi connectivity index (χ3v) is 7.87. The van der Waals surface area contributed by atoms with Crippen molar-refractivity contribution >= 4 is 33.2 Å². The van der Waals surface area contributed by atoms with E-state index in [-0.39, 0.29) is 23.4 Å². The maximum atomic E-state index is 13.6. The van der Waals surface area contributed by atoms with Gasteiger partial charge in [-0.15, -0.1) is 0 Å². The van der Waals surface area contributed by atoms with E-state index in [9.17, 15) is 13.2 Å². The highest BCUT2D eigenvalue weighted by Crippen LogP contribution is 2.30. The van der Waals surface area contributed by atoms with Gasteiger partial charge in [0.25, 0.3) is 10.0 Å². The van der Waals surface area contributed by atoms with Crippen molar-refractivity contribution in [3.05, 3.63) is 88.9 Å². The average Bonchev–Trinajstić information content (AvgIpc) is 2.84. The SMILES string of the molecule is CCOc1ccc(N(CC(=O)N[C@@H]2CCCc3ccccc32)S(=O)(=O)c2ccc(Cl)cc2)cc1. The van der Waals surface area contributed by atoms with E-state index in [0.29, 0.717) is 23.1 Å². The van der Waals surface area contributed by atoms with Crippen LogP contribution in [0.1, 0.15) is 36.9 Å². The summed E-state index contributed by atoms with van der Waals surface area (Å²) in [7, 11) is -4.02. The Morgan fingerprint density at radius 3 is 2.47 bits per heavy atom. The zero-order valence-electron chi connectivity index (χ0n) is 18.9. The maximum Gasteiger partial charge on any atom is 0.264 e. The van der Waals surface area contributed by atoms with Gasteiger partial charge in [0.2, 0.25) is 5.91 Å². The van der Waals surface area contributed by atoms with Crippen LogP contribution in [0.4, 0.5) is 5.69 Å². The summed E-state index contributed by atoms with van der Waals surface area (Å²) in [6, 6.07) is 20.5. The summed E-state index contributed by atoms with van der Waals surface area (Å²) < 4.78 is 33.7. The zero-order chi connectivity index (χ0) is 24.1. The second-order valence-electron chi connectivity index (χ2n) is 8.10. The van der Waals surface area contributed by atoms with Crippen LogP contribution in [0.2, 0.25) is 5.02 Å². The summed E-state index contributed by atoms with van der Waals surface area (Å²) in [4.78, 5) is 13.2. The normalized spacial score (nSPS) is 15.3. The molecular weight excluding hydrogens is 472 g/mol. The molecule has 4 rings (SSSR count). The molecule has 0 spiro atoms. The van der Waals surface area contributed by atoms with E-state index in [1.54, 1.807) is 24.3 Å². The number of rotatable bonds is 8. The first kappa shape index (κ1) is 24.1. The molecule has 3 aromatic carbocycles. The van der Waals surface area contributed by atoms with Gasteiger partial charge in [0.15, 0.2) is 0 Å². The molecule has 1 aliphatic rings. The van der Waals surface area contributed by atoms with Gasteiger partial charge in [-0.25, -0.2) is 8.42 Å². The van der Waals surface area contributed by atoms with Gasteiger partial charge in [-0.1, -0.05) is 35.9 Å². The number of carbonyl (C=O) groups excluding carboxylic acids is 1. The quantitative estimate of drug-likeness (QED) is 0.467. The van der Waals surface area contributed by atoms with Crippen LogP contribution < -0.4 is 14.4 Å². The molecular formula is C26H27ClN2O4S. The Kier molecular flexibility index (Phi) is 7.44. The molecule has 0 fully saturated rings. The molecule has 34 heavy (non-hydrogen) atoms. The molecule has 0 saturated heterocycles. The van der Waals surface area contributed by atoms with E-state index in [1.807, 2.05) is 25.1 Å². The number of halogens is 1. The van der Waals surface area contributed by atoms with Crippen LogP contribution in [-0.2, 0) is 21.2 Å². The minimum atomic E-state index is -4.02. The molecule has 0 radical (unpaired) electrons. The highest BCUT2D eigenvalue weighted by atomic mass is 35.5. The molecule has 0 unspecified atom stereocenters. The number of benzene rings is 3. The van der Waals surface area contributed by atoms with Crippen molar-refractivity contribution in [3.63, 3.8) is 0 Å². The molecule has 6 nitrogen and oxygen atoms in total. The number of nitrogens with one attached hydrogen (secondary N) is 1. The smallest absolute Gasteiger partial charge is 0.264 e. The molecule has 0 aromatic heterocycles. The second kappa shape index (κ2) is 10.5. The summed E-state index contributed by atoms with van der Waals surface area (Å²) in [6.07, 6.45) is 2.76. The number of amides is 1. The van der Waals surface area contributed by atoms with E-state index < -0.39 is 10.0 Å². The van der Waals surface area contributed by atoms with Gasteiger partial charge in [0, 0.05) is 5.02 Å².